The zero-order chi connectivity index (χ0) is 10.6. The number of carbonyl (C=O) groups excluding carboxylic acids is 1. The van der Waals surface area contributed by atoms with Crippen molar-refractivity contribution in [3.8, 4) is 0 Å². The van der Waals surface area contributed by atoms with Crippen molar-refractivity contribution in [2.75, 3.05) is 13.1 Å². The van der Waals surface area contributed by atoms with Gasteiger partial charge in [0, 0.05) is 13.1 Å². The average Bonchev–Trinajstić information content (AvgIpc) is 2.20. The van der Waals surface area contributed by atoms with Crippen molar-refractivity contribution in [3.63, 3.8) is 0 Å². The van der Waals surface area contributed by atoms with Crippen molar-refractivity contribution in [2.45, 2.75) is 20.8 Å². The normalized spacial score (nSPS) is 9.27. The first-order valence-electron chi connectivity index (χ1n) is 4.96. The summed E-state index contributed by atoms with van der Waals surface area (Å²) in [6.45, 7) is 7.45. The summed E-state index contributed by atoms with van der Waals surface area (Å²) in [6.07, 6.45) is 0. The average molecular weight is 254 g/mol. The van der Waals surface area contributed by atoms with Gasteiger partial charge in [-0.1, -0.05) is 12.5 Å². The molecule has 0 aliphatic heterocycles. The van der Waals surface area contributed by atoms with Gasteiger partial charge in [-0.25, -0.2) is 0 Å². The monoisotopic (exact) mass is 253 g/mol. The number of hydrogen-bond acceptors (Lipinski definition) is 1. The molecule has 0 heterocycles. The molecule has 0 saturated carbocycles. The second-order valence-electron chi connectivity index (χ2n) is 3.26. The molecular formula is C12H16CuNO. The predicted molar refractivity (Wildman–Crippen MR) is 57.3 cm³/mol. The van der Waals surface area contributed by atoms with Crippen LogP contribution in [0.3, 0.4) is 0 Å². The smallest absolute Gasteiger partial charge is 0.379 e. The largest absolute Gasteiger partial charge is 1.00 e. The Morgan fingerprint density at radius 1 is 1.33 bits per heavy atom. The number of rotatable bonds is 3. The Balaban J connectivity index is 0.00000196. The van der Waals surface area contributed by atoms with E-state index in [2.05, 4.69) is 6.07 Å². The van der Waals surface area contributed by atoms with Crippen molar-refractivity contribution < 1.29 is 21.9 Å². The van der Waals surface area contributed by atoms with Crippen LogP contribution in [0.5, 0.6) is 0 Å². The van der Waals surface area contributed by atoms with E-state index in [1.807, 2.05) is 39.0 Å². The molecule has 0 aliphatic carbocycles. The van der Waals surface area contributed by atoms with Crippen LogP contribution < -0.4 is 0 Å². The van der Waals surface area contributed by atoms with Crippen LogP contribution in [0.25, 0.3) is 0 Å². The van der Waals surface area contributed by atoms with Gasteiger partial charge in [0.25, 0.3) is 0 Å². The molecule has 0 unspecified atom stereocenters. The summed E-state index contributed by atoms with van der Waals surface area (Å²) in [5, 5.41) is 0. The summed E-state index contributed by atoms with van der Waals surface area (Å²) in [4.78, 5) is 13.6. The van der Waals surface area contributed by atoms with Crippen molar-refractivity contribution >= 4 is 5.91 Å². The fourth-order valence-electron chi connectivity index (χ4n) is 1.32. The Morgan fingerprint density at radius 3 is 2.33 bits per heavy atom. The van der Waals surface area contributed by atoms with E-state index in [1.54, 1.807) is 4.90 Å². The Morgan fingerprint density at radius 2 is 1.93 bits per heavy atom. The van der Waals surface area contributed by atoms with E-state index in [0.29, 0.717) is 5.56 Å². The van der Waals surface area contributed by atoms with E-state index >= 15 is 0 Å². The number of nitrogens with zero attached hydrogens (tertiary/aromatic N) is 1. The van der Waals surface area contributed by atoms with Crippen LogP contribution in [0.15, 0.2) is 18.2 Å². The van der Waals surface area contributed by atoms with Crippen molar-refractivity contribution in [1.82, 2.24) is 4.90 Å². The zero-order valence-corrected chi connectivity index (χ0v) is 10.2. The van der Waals surface area contributed by atoms with Crippen molar-refractivity contribution in [2.24, 2.45) is 0 Å². The van der Waals surface area contributed by atoms with Gasteiger partial charge in [-0.15, -0.1) is 29.8 Å². The van der Waals surface area contributed by atoms with Gasteiger partial charge in [0.1, 0.15) is 0 Å². The summed E-state index contributed by atoms with van der Waals surface area (Å²) in [6, 6.07) is 8.61. The first-order valence-corrected chi connectivity index (χ1v) is 4.96. The van der Waals surface area contributed by atoms with E-state index in [0.717, 1.165) is 18.7 Å². The summed E-state index contributed by atoms with van der Waals surface area (Å²) in [7, 11) is 0. The maximum Gasteiger partial charge on any atom is 1.00 e. The topological polar surface area (TPSA) is 20.3 Å². The second kappa shape index (κ2) is 6.65. The van der Waals surface area contributed by atoms with E-state index in [-0.39, 0.29) is 23.0 Å². The molecular weight excluding hydrogens is 238 g/mol. The van der Waals surface area contributed by atoms with Crippen LogP contribution in [-0.4, -0.2) is 23.9 Å². The fourth-order valence-corrected chi connectivity index (χ4v) is 1.32. The molecule has 1 amide bonds. The SMILES string of the molecule is CCN(CC)C(=O)c1[c-]cc(C)cc1.[Cu+]. The molecule has 0 atom stereocenters. The van der Waals surface area contributed by atoms with Gasteiger partial charge < -0.3 is 9.69 Å². The van der Waals surface area contributed by atoms with E-state index in [4.69, 9.17) is 0 Å². The molecule has 0 saturated heterocycles. The number of amides is 1. The minimum Gasteiger partial charge on any atom is -0.379 e. The Kier molecular flexibility index (Phi) is 6.30. The summed E-state index contributed by atoms with van der Waals surface area (Å²) in [5.74, 6) is 0.0648. The maximum atomic E-state index is 11.8. The molecule has 0 N–H and O–H groups in total. The Hall–Kier alpha value is -0.791. The molecule has 0 aliphatic rings. The fraction of sp³-hybridized carbons (Fsp3) is 0.417. The number of benzene rings is 1. The molecule has 0 radical (unpaired) electrons. The van der Waals surface area contributed by atoms with Gasteiger partial charge >= 0.3 is 17.1 Å². The third-order valence-electron chi connectivity index (χ3n) is 2.25. The molecule has 3 heteroatoms. The first kappa shape index (κ1) is 14.2. The molecule has 2 nitrogen and oxygen atoms in total. The van der Waals surface area contributed by atoms with Crippen LogP contribution in [0.1, 0.15) is 29.8 Å². The maximum absolute atomic E-state index is 11.8. The standard InChI is InChI=1S/C12H16NO.Cu/c1-4-13(5-2)12(14)11-8-6-10(3)7-9-11;/h6-8H,4-5H2,1-3H3;/q-1;+1. The van der Waals surface area contributed by atoms with Crippen LogP contribution in [0.2, 0.25) is 0 Å². The Bertz CT molecular complexity index is 304. The third kappa shape index (κ3) is 3.69. The van der Waals surface area contributed by atoms with Gasteiger partial charge in [0.05, 0.1) is 0 Å². The van der Waals surface area contributed by atoms with Crippen molar-refractivity contribution in [3.05, 3.63) is 35.4 Å². The minimum absolute atomic E-state index is 0. The van der Waals surface area contributed by atoms with Gasteiger partial charge in [-0.3, -0.25) is 0 Å². The molecule has 1 aromatic rings. The summed E-state index contributed by atoms with van der Waals surface area (Å²) >= 11 is 0. The Labute approximate surface area is 102 Å². The molecule has 0 aromatic heterocycles. The van der Waals surface area contributed by atoms with Gasteiger partial charge in [0.15, 0.2) is 5.91 Å². The zero-order valence-electron chi connectivity index (χ0n) is 9.30. The molecule has 0 spiro atoms. The molecule has 1 rings (SSSR count). The second-order valence-corrected chi connectivity index (χ2v) is 3.26. The van der Waals surface area contributed by atoms with Gasteiger partial charge in [0.2, 0.25) is 0 Å². The van der Waals surface area contributed by atoms with E-state index in [1.165, 1.54) is 0 Å². The molecule has 15 heavy (non-hydrogen) atoms. The minimum atomic E-state index is 0. The summed E-state index contributed by atoms with van der Waals surface area (Å²) in [5.41, 5.74) is 1.78. The molecule has 0 fully saturated rings. The number of hydrogen-bond donors (Lipinski definition) is 0. The number of carbonyl (C=O) groups is 1. The molecule has 86 valence electrons. The van der Waals surface area contributed by atoms with Gasteiger partial charge in [-0.2, -0.15) is 0 Å². The van der Waals surface area contributed by atoms with Gasteiger partial charge in [-0.05, 0) is 13.8 Å². The summed E-state index contributed by atoms with van der Waals surface area (Å²) < 4.78 is 0. The number of aryl methyl sites for hydroxylation is 1. The van der Waals surface area contributed by atoms with E-state index in [9.17, 15) is 4.79 Å². The van der Waals surface area contributed by atoms with Crippen LogP contribution in [0.4, 0.5) is 0 Å². The quantitative estimate of drug-likeness (QED) is 0.598. The van der Waals surface area contributed by atoms with Crippen LogP contribution in [0, 0.1) is 13.0 Å². The van der Waals surface area contributed by atoms with Crippen molar-refractivity contribution in [1.29, 1.82) is 0 Å². The third-order valence-corrected chi connectivity index (χ3v) is 2.25. The molecule has 0 bridgehead atoms. The predicted octanol–water partition coefficient (Wildman–Crippen LogP) is 2.27. The van der Waals surface area contributed by atoms with E-state index < -0.39 is 0 Å². The van der Waals surface area contributed by atoms with Crippen LogP contribution >= 0.6 is 0 Å². The first-order chi connectivity index (χ1) is 6.69. The van der Waals surface area contributed by atoms with Crippen LogP contribution in [-0.2, 0) is 17.1 Å². The molecule has 1 aromatic carbocycles.